The van der Waals surface area contributed by atoms with Crippen molar-refractivity contribution < 1.29 is 4.74 Å². The Morgan fingerprint density at radius 1 is 1.37 bits per heavy atom. The second-order valence-corrected chi connectivity index (χ2v) is 5.26. The molecular weight excluding hydrogens is 262 g/mol. The van der Waals surface area contributed by atoms with E-state index in [1.165, 1.54) is 11.3 Å². The van der Waals surface area contributed by atoms with Crippen LogP contribution in [0.5, 0.6) is 5.75 Å². The van der Waals surface area contributed by atoms with Crippen molar-refractivity contribution in [1.29, 1.82) is 0 Å². The smallest absolute Gasteiger partial charge is 0.234 e. The van der Waals surface area contributed by atoms with Crippen molar-refractivity contribution in [2.75, 3.05) is 12.3 Å². The number of aromatic nitrogens is 4. The molecule has 0 amide bonds. The molecule has 0 unspecified atom stereocenters. The largest absolute Gasteiger partial charge is 0.493 e. The third kappa shape index (κ3) is 2.50. The first-order valence-corrected chi connectivity index (χ1v) is 6.70. The van der Waals surface area contributed by atoms with Crippen LogP contribution in [-0.2, 0) is 6.42 Å². The van der Waals surface area contributed by atoms with Crippen molar-refractivity contribution in [1.82, 2.24) is 19.8 Å². The maximum absolute atomic E-state index is 5.69. The SMILES string of the molecule is Cc1nn2c(CCOc3cccc(N)c3)nnc2s1. The van der Waals surface area contributed by atoms with Gasteiger partial charge in [-0.1, -0.05) is 17.4 Å². The van der Waals surface area contributed by atoms with Gasteiger partial charge in [0, 0.05) is 18.2 Å². The summed E-state index contributed by atoms with van der Waals surface area (Å²) in [5.74, 6) is 1.57. The molecule has 1 aromatic carbocycles. The molecule has 0 radical (unpaired) electrons. The van der Waals surface area contributed by atoms with Crippen molar-refractivity contribution in [2.45, 2.75) is 13.3 Å². The van der Waals surface area contributed by atoms with E-state index in [0.29, 0.717) is 18.7 Å². The van der Waals surface area contributed by atoms with Gasteiger partial charge in [-0.05, 0) is 19.1 Å². The molecule has 0 saturated heterocycles. The van der Waals surface area contributed by atoms with Gasteiger partial charge in [-0.3, -0.25) is 0 Å². The molecule has 19 heavy (non-hydrogen) atoms. The summed E-state index contributed by atoms with van der Waals surface area (Å²) < 4.78 is 7.40. The molecular formula is C12H13N5OS. The van der Waals surface area contributed by atoms with E-state index >= 15 is 0 Å². The maximum atomic E-state index is 5.69. The van der Waals surface area contributed by atoms with Gasteiger partial charge in [0.15, 0.2) is 5.82 Å². The summed E-state index contributed by atoms with van der Waals surface area (Å²) >= 11 is 1.53. The molecule has 3 rings (SSSR count). The lowest BCUT2D eigenvalue weighted by atomic mass is 10.3. The Balaban J connectivity index is 1.66. The molecule has 2 N–H and O–H groups in total. The molecule has 0 fully saturated rings. The van der Waals surface area contributed by atoms with Gasteiger partial charge >= 0.3 is 0 Å². The van der Waals surface area contributed by atoms with Gasteiger partial charge in [0.1, 0.15) is 10.8 Å². The van der Waals surface area contributed by atoms with E-state index < -0.39 is 0 Å². The molecule has 0 bridgehead atoms. The molecule has 3 aromatic rings. The molecule has 2 heterocycles. The quantitative estimate of drug-likeness (QED) is 0.733. The first-order valence-electron chi connectivity index (χ1n) is 5.88. The molecule has 7 heteroatoms. The number of aryl methyl sites for hydroxylation is 1. The second kappa shape index (κ2) is 4.85. The minimum atomic E-state index is 0.515. The Hall–Kier alpha value is -2.15. The van der Waals surface area contributed by atoms with E-state index in [9.17, 15) is 0 Å². The Morgan fingerprint density at radius 2 is 2.26 bits per heavy atom. The number of ether oxygens (including phenoxy) is 1. The fourth-order valence-corrected chi connectivity index (χ4v) is 2.47. The Labute approximate surface area is 113 Å². The first kappa shape index (κ1) is 11.9. The minimum Gasteiger partial charge on any atom is -0.493 e. The fourth-order valence-electron chi connectivity index (χ4n) is 1.77. The summed E-state index contributed by atoms with van der Waals surface area (Å²) in [7, 11) is 0. The third-order valence-electron chi connectivity index (χ3n) is 2.61. The van der Waals surface area contributed by atoms with E-state index in [1.807, 2.05) is 25.1 Å². The maximum Gasteiger partial charge on any atom is 0.234 e. The van der Waals surface area contributed by atoms with E-state index in [0.717, 1.165) is 21.5 Å². The Kier molecular flexibility index (Phi) is 3.04. The zero-order valence-corrected chi connectivity index (χ0v) is 11.2. The number of nitrogens with zero attached hydrogens (tertiary/aromatic N) is 4. The highest BCUT2D eigenvalue weighted by Crippen LogP contribution is 2.15. The predicted octanol–water partition coefficient (Wildman–Crippen LogP) is 1.70. The van der Waals surface area contributed by atoms with Crippen LogP contribution in [0, 0.1) is 6.92 Å². The number of nitrogen functional groups attached to an aromatic ring is 1. The Bertz CT molecular complexity index is 705. The number of hydrogen-bond acceptors (Lipinski definition) is 6. The van der Waals surface area contributed by atoms with E-state index in [2.05, 4.69) is 15.3 Å². The summed E-state index contributed by atoms with van der Waals surface area (Å²) in [6.45, 7) is 2.47. The lowest BCUT2D eigenvalue weighted by Gasteiger charge is -2.05. The highest BCUT2D eigenvalue weighted by Gasteiger charge is 2.09. The summed E-state index contributed by atoms with van der Waals surface area (Å²) in [6.07, 6.45) is 0.652. The lowest BCUT2D eigenvalue weighted by Crippen LogP contribution is -2.05. The Morgan fingerprint density at radius 3 is 3.11 bits per heavy atom. The molecule has 0 aliphatic rings. The number of hydrogen-bond donors (Lipinski definition) is 1. The first-order chi connectivity index (χ1) is 9.22. The molecule has 98 valence electrons. The predicted molar refractivity (Wildman–Crippen MR) is 73.4 cm³/mol. The number of nitrogens with two attached hydrogens (primary N) is 1. The van der Waals surface area contributed by atoms with Crippen LogP contribution in [0.1, 0.15) is 10.8 Å². The summed E-state index contributed by atoms with van der Waals surface area (Å²) in [5.41, 5.74) is 6.38. The highest BCUT2D eigenvalue weighted by atomic mass is 32.1. The molecule has 0 spiro atoms. The van der Waals surface area contributed by atoms with Crippen molar-refractivity contribution in [3.63, 3.8) is 0 Å². The van der Waals surface area contributed by atoms with Gasteiger partial charge < -0.3 is 10.5 Å². The van der Waals surface area contributed by atoms with Crippen molar-refractivity contribution in [3.05, 3.63) is 35.1 Å². The summed E-state index contributed by atoms with van der Waals surface area (Å²) in [5, 5.41) is 13.5. The van der Waals surface area contributed by atoms with Crippen LogP contribution in [-0.4, -0.2) is 26.4 Å². The van der Waals surface area contributed by atoms with Gasteiger partial charge in [0.05, 0.1) is 6.61 Å². The van der Waals surface area contributed by atoms with Gasteiger partial charge in [-0.25, -0.2) is 0 Å². The number of benzene rings is 1. The molecule has 0 atom stereocenters. The van der Waals surface area contributed by atoms with Crippen LogP contribution >= 0.6 is 11.3 Å². The van der Waals surface area contributed by atoms with Gasteiger partial charge in [-0.2, -0.15) is 9.61 Å². The zero-order chi connectivity index (χ0) is 13.2. The standard InChI is InChI=1S/C12H13N5OS/c1-8-16-17-11(14-15-12(17)19-8)5-6-18-10-4-2-3-9(13)7-10/h2-4,7H,5-6,13H2,1H3. The average Bonchev–Trinajstić information content (AvgIpc) is 2.90. The van der Waals surface area contributed by atoms with Crippen molar-refractivity contribution in [2.24, 2.45) is 0 Å². The van der Waals surface area contributed by atoms with Crippen LogP contribution in [0.3, 0.4) is 0 Å². The van der Waals surface area contributed by atoms with Gasteiger partial charge in [0.2, 0.25) is 4.96 Å². The van der Waals surface area contributed by atoms with Crippen molar-refractivity contribution in [3.8, 4) is 5.75 Å². The van der Waals surface area contributed by atoms with E-state index in [1.54, 1.807) is 10.6 Å². The normalized spacial score (nSPS) is 11.0. The van der Waals surface area contributed by atoms with Crippen molar-refractivity contribution >= 4 is 22.0 Å². The summed E-state index contributed by atoms with van der Waals surface area (Å²) in [4.78, 5) is 0.816. The van der Waals surface area contributed by atoms with Gasteiger partial charge in [0.25, 0.3) is 0 Å². The van der Waals surface area contributed by atoms with Crippen LogP contribution in [0.2, 0.25) is 0 Å². The van der Waals surface area contributed by atoms with E-state index in [-0.39, 0.29) is 0 Å². The fraction of sp³-hybridized carbons (Fsp3) is 0.250. The van der Waals surface area contributed by atoms with Gasteiger partial charge in [-0.15, -0.1) is 10.2 Å². The number of rotatable bonds is 4. The number of anilines is 1. The monoisotopic (exact) mass is 275 g/mol. The molecule has 6 nitrogen and oxygen atoms in total. The highest BCUT2D eigenvalue weighted by molar-refractivity contribution is 7.16. The topological polar surface area (TPSA) is 78.3 Å². The van der Waals surface area contributed by atoms with Crippen LogP contribution in [0.4, 0.5) is 5.69 Å². The second-order valence-electron chi connectivity index (χ2n) is 4.10. The zero-order valence-electron chi connectivity index (χ0n) is 10.4. The lowest BCUT2D eigenvalue weighted by molar-refractivity contribution is 0.318. The minimum absolute atomic E-state index is 0.515. The average molecular weight is 275 g/mol. The molecule has 0 aliphatic carbocycles. The van der Waals surface area contributed by atoms with Crippen LogP contribution in [0.25, 0.3) is 4.96 Å². The van der Waals surface area contributed by atoms with Crippen LogP contribution < -0.4 is 10.5 Å². The van der Waals surface area contributed by atoms with E-state index in [4.69, 9.17) is 10.5 Å². The summed E-state index contributed by atoms with van der Waals surface area (Å²) in [6, 6.07) is 7.37. The number of fused-ring (bicyclic) bond motifs is 1. The molecule has 0 saturated carbocycles. The third-order valence-corrected chi connectivity index (χ3v) is 3.42. The molecule has 0 aliphatic heterocycles. The molecule has 2 aromatic heterocycles. The van der Waals surface area contributed by atoms with Crippen LogP contribution in [0.15, 0.2) is 24.3 Å².